The molecule has 108 valence electrons. The van der Waals surface area contributed by atoms with Gasteiger partial charge in [0, 0.05) is 12.6 Å². The highest BCUT2D eigenvalue weighted by Gasteiger charge is 2.25. The van der Waals surface area contributed by atoms with E-state index < -0.39 is 0 Å². The largest absolute Gasteiger partial charge is 0.508 e. The summed E-state index contributed by atoms with van der Waals surface area (Å²) in [5.74, 6) is 0.669. The minimum Gasteiger partial charge on any atom is -0.508 e. The number of hydrogen-bond donors (Lipinski definition) is 1. The highest BCUT2D eigenvalue weighted by atomic mass is 16.5. The standard InChI is InChI=1S/C17H17NO3/c19-14-8-9-15-16(11-14)21-12-17(20)18(15)10-4-7-13-5-2-1-3-6-13/h1-3,5-6,8-9,11,19H,4,7,10,12H2. The normalized spacial score (nSPS) is 13.7. The Morgan fingerprint density at radius 2 is 1.95 bits per heavy atom. The number of ether oxygens (including phenoxy) is 1. The van der Waals surface area contributed by atoms with Crippen molar-refractivity contribution in [1.29, 1.82) is 0 Å². The first-order chi connectivity index (χ1) is 10.2. The fourth-order valence-corrected chi connectivity index (χ4v) is 2.52. The first-order valence-corrected chi connectivity index (χ1v) is 7.04. The van der Waals surface area contributed by atoms with E-state index in [1.165, 1.54) is 5.56 Å². The van der Waals surface area contributed by atoms with Gasteiger partial charge in [-0.25, -0.2) is 0 Å². The second-order valence-electron chi connectivity index (χ2n) is 5.08. The third kappa shape index (κ3) is 2.99. The number of carbonyl (C=O) groups excluding carboxylic acids is 1. The molecule has 1 aliphatic heterocycles. The predicted molar refractivity (Wildman–Crippen MR) is 80.7 cm³/mol. The smallest absolute Gasteiger partial charge is 0.265 e. The van der Waals surface area contributed by atoms with Gasteiger partial charge in [0.1, 0.15) is 11.5 Å². The summed E-state index contributed by atoms with van der Waals surface area (Å²) in [6.45, 7) is 0.677. The fourth-order valence-electron chi connectivity index (χ4n) is 2.52. The molecule has 4 heteroatoms. The molecular formula is C17H17NO3. The Bertz CT molecular complexity index is 640. The Balaban J connectivity index is 1.69. The molecule has 0 saturated heterocycles. The van der Waals surface area contributed by atoms with Crippen LogP contribution in [0.1, 0.15) is 12.0 Å². The SMILES string of the molecule is O=C1COc2cc(O)ccc2N1CCCc1ccccc1. The number of aryl methyl sites for hydroxylation is 1. The van der Waals surface area contributed by atoms with Gasteiger partial charge in [-0.05, 0) is 30.5 Å². The van der Waals surface area contributed by atoms with Gasteiger partial charge in [-0.15, -0.1) is 0 Å². The molecule has 0 saturated carbocycles. The van der Waals surface area contributed by atoms with Crippen molar-refractivity contribution in [3.63, 3.8) is 0 Å². The maximum Gasteiger partial charge on any atom is 0.265 e. The number of carbonyl (C=O) groups is 1. The van der Waals surface area contributed by atoms with Gasteiger partial charge in [0.2, 0.25) is 0 Å². The average Bonchev–Trinajstić information content (AvgIpc) is 2.50. The molecule has 21 heavy (non-hydrogen) atoms. The Labute approximate surface area is 123 Å². The van der Waals surface area contributed by atoms with Crippen LogP contribution in [0.2, 0.25) is 0 Å². The molecule has 0 radical (unpaired) electrons. The third-order valence-corrected chi connectivity index (χ3v) is 3.58. The molecule has 4 nitrogen and oxygen atoms in total. The Morgan fingerprint density at radius 3 is 2.76 bits per heavy atom. The van der Waals surface area contributed by atoms with E-state index in [0.29, 0.717) is 12.3 Å². The van der Waals surface area contributed by atoms with Crippen LogP contribution in [0.25, 0.3) is 0 Å². The molecule has 3 rings (SSSR count). The molecule has 1 amide bonds. The number of amides is 1. The summed E-state index contributed by atoms with van der Waals surface area (Å²) in [6.07, 6.45) is 1.81. The lowest BCUT2D eigenvalue weighted by Crippen LogP contribution is -2.39. The van der Waals surface area contributed by atoms with E-state index in [0.717, 1.165) is 18.5 Å². The monoisotopic (exact) mass is 283 g/mol. The quantitative estimate of drug-likeness (QED) is 0.938. The summed E-state index contributed by atoms with van der Waals surface area (Å²) in [5, 5.41) is 9.48. The molecule has 2 aromatic carbocycles. The van der Waals surface area contributed by atoms with Crippen molar-refractivity contribution in [3.05, 3.63) is 54.1 Å². The van der Waals surface area contributed by atoms with Crippen molar-refractivity contribution < 1.29 is 14.6 Å². The van der Waals surface area contributed by atoms with Gasteiger partial charge in [-0.3, -0.25) is 4.79 Å². The molecule has 0 bridgehead atoms. The van der Waals surface area contributed by atoms with E-state index >= 15 is 0 Å². The van der Waals surface area contributed by atoms with E-state index in [-0.39, 0.29) is 18.3 Å². The zero-order chi connectivity index (χ0) is 14.7. The molecule has 0 fully saturated rings. The van der Waals surface area contributed by atoms with Gasteiger partial charge in [-0.2, -0.15) is 0 Å². The molecule has 0 unspecified atom stereocenters. The van der Waals surface area contributed by atoms with Gasteiger partial charge in [0.15, 0.2) is 6.61 Å². The van der Waals surface area contributed by atoms with Crippen molar-refractivity contribution in [1.82, 2.24) is 0 Å². The Kier molecular flexibility index (Phi) is 3.77. The number of aromatic hydroxyl groups is 1. The Hall–Kier alpha value is -2.49. The van der Waals surface area contributed by atoms with Crippen LogP contribution in [0.3, 0.4) is 0 Å². The molecule has 1 aliphatic rings. The zero-order valence-corrected chi connectivity index (χ0v) is 11.7. The van der Waals surface area contributed by atoms with E-state index in [1.807, 2.05) is 18.2 Å². The lowest BCUT2D eigenvalue weighted by Gasteiger charge is -2.29. The van der Waals surface area contributed by atoms with Crippen LogP contribution in [0.15, 0.2) is 48.5 Å². The Morgan fingerprint density at radius 1 is 1.14 bits per heavy atom. The maximum atomic E-state index is 12.0. The highest BCUT2D eigenvalue weighted by molar-refractivity contribution is 5.97. The maximum absolute atomic E-state index is 12.0. The molecule has 0 aliphatic carbocycles. The number of nitrogens with zero attached hydrogens (tertiary/aromatic N) is 1. The summed E-state index contributed by atoms with van der Waals surface area (Å²) in [6, 6.07) is 15.1. The van der Waals surface area contributed by atoms with Crippen molar-refractivity contribution in [2.45, 2.75) is 12.8 Å². The number of anilines is 1. The van der Waals surface area contributed by atoms with Crippen LogP contribution in [-0.2, 0) is 11.2 Å². The second-order valence-corrected chi connectivity index (χ2v) is 5.08. The van der Waals surface area contributed by atoms with Crippen molar-refractivity contribution in [3.8, 4) is 11.5 Å². The number of hydrogen-bond acceptors (Lipinski definition) is 3. The minimum absolute atomic E-state index is 0.0296. The third-order valence-electron chi connectivity index (χ3n) is 3.58. The van der Waals surface area contributed by atoms with Gasteiger partial charge < -0.3 is 14.7 Å². The summed E-state index contributed by atoms with van der Waals surface area (Å²) >= 11 is 0. The number of phenols is 1. The summed E-state index contributed by atoms with van der Waals surface area (Å²) < 4.78 is 5.36. The summed E-state index contributed by atoms with van der Waals surface area (Å²) in [5.41, 5.74) is 2.00. The lowest BCUT2D eigenvalue weighted by atomic mass is 10.1. The average molecular weight is 283 g/mol. The van der Waals surface area contributed by atoms with Crippen molar-refractivity contribution >= 4 is 11.6 Å². The first-order valence-electron chi connectivity index (χ1n) is 7.04. The van der Waals surface area contributed by atoms with Gasteiger partial charge in [0.05, 0.1) is 5.69 Å². The highest BCUT2D eigenvalue weighted by Crippen LogP contribution is 2.34. The molecule has 0 atom stereocenters. The van der Waals surface area contributed by atoms with Crippen molar-refractivity contribution in [2.75, 3.05) is 18.1 Å². The zero-order valence-electron chi connectivity index (χ0n) is 11.7. The molecule has 1 heterocycles. The van der Waals surface area contributed by atoms with Crippen LogP contribution in [0, 0.1) is 0 Å². The van der Waals surface area contributed by atoms with E-state index in [9.17, 15) is 9.90 Å². The van der Waals surface area contributed by atoms with Crippen LogP contribution >= 0.6 is 0 Å². The van der Waals surface area contributed by atoms with Crippen LogP contribution < -0.4 is 9.64 Å². The molecule has 0 spiro atoms. The van der Waals surface area contributed by atoms with E-state index in [2.05, 4.69) is 12.1 Å². The van der Waals surface area contributed by atoms with Crippen LogP contribution in [0.4, 0.5) is 5.69 Å². The molecule has 2 aromatic rings. The molecule has 1 N–H and O–H groups in total. The summed E-state index contributed by atoms with van der Waals surface area (Å²) in [4.78, 5) is 13.8. The first kappa shape index (κ1) is 13.5. The number of fused-ring (bicyclic) bond motifs is 1. The van der Waals surface area contributed by atoms with Gasteiger partial charge in [-0.1, -0.05) is 30.3 Å². The summed E-state index contributed by atoms with van der Waals surface area (Å²) in [7, 11) is 0. The number of rotatable bonds is 4. The molecule has 0 aromatic heterocycles. The van der Waals surface area contributed by atoms with Crippen LogP contribution in [0.5, 0.6) is 11.5 Å². The number of phenolic OH excluding ortho intramolecular Hbond substituents is 1. The molecular weight excluding hydrogens is 266 g/mol. The second kappa shape index (κ2) is 5.87. The van der Waals surface area contributed by atoms with Crippen LogP contribution in [-0.4, -0.2) is 24.2 Å². The topological polar surface area (TPSA) is 49.8 Å². The van der Waals surface area contributed by atoms with E-state index in [1.54, 1.807) is 23.1 Å². The lowest BCUT2D eigenvalue weighted by molar-refractivity contribution is -0.121. The minimum atomic E-state index is -0.0405. The van der Waals surface area contributed by atoms with Gasteiger partial charge >= 0.3 is 0 Å². The fraction of sp³-hybridized carbons (Fsp3) is 0.235. The van der Waals surface area contributed by atoms with E-state index in [4.69, 9.17) is 4.74 Å². The van der Waals surface area contributed by atoms with Gasteiger partial charge in [0.25, 0.3) is 5.91 Å². The number of benzene rings is 2. The predicted octanol–water partition coefficient (Wildman–Crippen LogP) is 2.75. The van der Waals surface area contributed by atoms with Crippen molar-refractivity contribution in [2.24, 2.45) is 0 Å².